The van der Waals surface area contributed by atoms with Crippen molar-refractivity contribution in [3.63, 3.8) is 0 Å². The molecular formula is C19H24N6O. The third-order valence-electron chi connectivity index (χ3n) is 4.17. The van der Waals surface area contributed by atoms with Gasteiger partial charge in [-0.25, -0.2) is 9.67 Å². The highest BCUT2D eigenvalue weighted by atomic mass is 16.1. The molecule has 136 valence electrons. The van der Waals surface area contributed by atoms with E-state index >= 15 is 0 Å². The number of benzene rings is 1. The highest BCUT2D eigenvalue weighted by Crippen LogP contribution is 2.20. The SMILES string of the molecule is CC(C)n1ncnc1-c1cccc(C(=O)N[C@H](C)CCn2cccn2)c1. The second kappa shape index (κ2) is 7.95. The Labute approximate surface area is 153 Å². The minimum atomic E-state index is -0.0876. The molecule has 0 fully saturated rings. The number of rotatable bonds is 7. The molecule has 0 unspecified atom stereocenters. The summed E-state index contributed by atoms with van der Waals surface area (Å²) in [4.78, 5) is 16.9. The maximum Gasteiger partial charge on any atom is 0.251 e. The van der Waals surface area contributed by atoms with Gasteiger partial charge in [0, 0.05) is 42.1 Å². The first-order valence-electron chi connectivity index (χ1n) is 8.83. The molecule has 1 N–H and O–H groups in total. The van der Waals surface area contributed by atoms with Crippen LogP contribution in [0.4, 0.5) is 0 Å². The first-order valence-corrected chi connectivity index (χ1v) is 8.83. The van der Waals surface area contributed by atoms with Crippen molar-refractivity contribution >= 4 is 5.91 Å². The molecule has 2 heterocycles. The van der Waals surface area contributed by atoms with Crippen LogP contribution < -0.4 is 5.32 Å². The predicted molar refractivity (Wildman–Crippen MR) is 99.6 cm³/mol. The monoisotopic (exact) mass is 352 g/mol. The second-order valence-electron chi connectivity index (χ2n) is 6.64. The standard InChI is InChI=1S/C19H24N6O/c1-14(2)25-18(20-13-22-25)16-6-4-7-17(12-16)19(26)23-15(3)8-11-24-10-5-9-21-24/h4-7,9-10,12-15H,8,11H2,1-3H3,(H,23,26)/t15-/m1/s1. The molecule has 0 aliphatic heterocycles. The molecule has 0 saturated carbocycles. The molecule has 3 rings (SSSR count). The maximum absolute atomic E-state index is 12.6. The van der Waals surface area contributed by atoms with Gasteiger partial charge in [-0.05, 0) is 45.4 Å². The number of hydrogen-bond donors (Lipinski definition) is 1. The lowest BCUT2D eigenvalue weighted by Gasteiger charge is -2.15. The van der Waals surface area contributed by atoms with Crippen LogP contribution in [-0.2, 0) is 6.54 Å². The number of nitrogens with one attached hydrogen (secondary N) is 1. The topological polar surface area (TPSA) is 77.6 Å². The van der Waals surface area contributed by atoms with Crippen LogP contribution in [0.1, 0.15) is 43.6 Å². The van der Waals surface area contributed by atoms with Crippen LogP contribution in [-0.4, -0.2) is 36.5 Å². The van der Waals surface area contributed by atoms with Crippen molar-refractivity contribution in [1.29, 1.82) is 0 Å². The van der Waals surface area contributed by atoms with Crippen LogP contribution >= 0.6 is 0 Å². The molecule has 0 bridgehead atoms. The third kappa shape index (κ3) is 4.17. The van der Waals surface area contributed by atoms with E-state index in [1.54, 1.807) is 12.5 Å². The van der Waals surface area contributed by atoms with Crippen molar-refractivity contribution in [3.05, 3.63) is 54.6 Å². The molecule has 3 aromatic rings. The van der Waals surface area contributed by atoms with Gasteiger partial charge in [-0.3, -0.25) is 9.48 Å². The summed E-state index contributed by atoms with van der Waals surface area (Å²) in [5.74, 6) is 0.678. The van der Waals surface area contributed by atoms with Crippen molar-refractivity contribution in [2.45, 2.75) is 45.8 Å². The van der Waals surface area contributed by atoms with Gasteiger partial charge in [0.1, 0.15) is 6.33 Å². The Bertz CT molecular complexity index is 853. The summed E-state index contributed by atoms with van der Waals surface area (Å²) in [6.45, 7) is 6.87. The highest BCUT2D eigenvalue weighted by molar-refractivity contribution is 5.95. The van der Waals surface area contributed by atoms with E-state index in [1.807, 2.05) is 52.8 Å². The summed E-state index contributed by atoms with van der Waals surface area (Å²) in [7, 11) is 0. The van der Waals surface area contributed by atoms with E-state index in [9.17, 15) is 4.79 Å². The van der Waals surface area contributed by atoms with E-state index in [0.29, 0.717) is 5.56 Å². The van der Waals surface area contributed by atoms with Crippen LogP contribution in [0, 0.1) is 0 Å². The lowest BCUT2D eigenvalue weighted by atomic mass is 10.1. The number of hydrogen-bond acceptors (Lipinski definition) is 4. The van der Waals surface area contributed by atoms with Gasteiger partial charge >= 0.3 is 0 Å². The third-order valence-corrected chi connectivity index (χ3v) is 4.17. The van der Waals surface area contributed by atoms with Crippen LogP contribution in [0.3, 0.4) is 0 Å². The Morgan fingerprint density at radius 1 is 1.19 bits per heavy atom. The van der Waals surface area contributed by atoms with E-state index in [1.165, 1.54) is 0 Å². The number of amides is 1. The molecule has 0 aliphatic rings. The zero-order valence-corrected chi connectivity index (χ0v) is 15.3. The molecule has 1 atom stereocenters. The molecule has 0 radical (unpaired) electrons. The number of carbonyl (C=O) groups is 1. The van der Waals surface area contributed by atoms with Gasteiger partial charge in [-0.2, -0.15) is 10.2 Å². The largest absolute Gasteiger partial charge is 0.350 e. The Morgan fingerprint density at radius 2 is 2.04 bits per heavy atom. The fourth-order valence-corrected chi connectivity index (χ4v) is 2.77. The average molecular weight is 352 g/mol. The Morgan fingerprint density at radius 3 is 2.77 bits per heavy atom. The van der Waals surface area contributed by atoms with Crippen LogP contribution in [0.5, 0.6) is 0 Å². The van der Waals surface area contributed by atoms with Crippen LogP contribution in [0.25, 0.3) is 11.4 Å². The van der Waals surface area contributed by atoms with Crippen molar-refractivity contribution in [2.24, 2.45) is 0 Å². The molecule has 0 aliphatic carbocycles. The molecule has 0 spiro atoms. The quantitative estimate of drug-likeness (QED) is 0.709. The molecular weight excluding hydrogens is 328 g/mol. The van der Waals surface area contributed by atoms with Gasteiger partial charge in [0.15, 0.2) is 5.82 Å². The molecule has 7 nitrogen and oxygen atoms in total. The first-order chi connectivity index (χ1) is 12.5. The molecule has 1 aromatic carbocycles. The van der Waals surface area contributed by atoms with E-state index in [0.717, 1.165) is 24.4 Å². The minimum Gasteiger partial charge on any atom is -0.350 e. The Kier molecular flexibility index (Phi) is 5.46. The summed E-state index contributed by atoms with van der Waals surface area (Å²) in [5.41, 5.74) is 1.50. The fourth-order valence-electron chi connectivity index (χ4n) is 2.77. The number of aryl methyl sites for hydroxylation is 1. The van der Waals surface area contributed by atoms with Gasteiger partial charge in [0.25, 0.3) is 5.91 Å². The molecule has 0 saturated heterocycles. The molecule has 26 heavy (non-hydrogen) atoms. The normalized spacial score (nSPS) is 12.3. The van der Waals surface area contributed by atoms with Crippen molar-refractivity contribution in [1.82, 2.24) is 29.9 Å². The number of aromatic nitrogens is 5. The number of carbonyl (C=O) groups excluding carboxylic acids is 1. The smallest absolute Gasteiger partial charge is 0.251 e. The lowest BCUT2D eigenvalue weighted by Crippen LogP contribution is -2.33. The van der Waals surface area contributed by atoms with Gasteiger partial charge in [0.2, 0.25) is 0 Å². The van der Waals surface area contributed by atoms with E-state index in [-0.39, 0.29) is 18.0 Å². The van der Waals surface area contributed by atoms with E-state index < -0.39 is 0 Å². The van der Waals surface area contributed by atoms with Crippen LogP contribution in [0.2, 0.25) is 0 Å². The van der Waals surface area contributed by atoms with Crippen molar-refractivity contribution in [2.75, 3.05) is 0 Å². The molecule has 1 amide bonds. The average Bonchev–Trinajstić information content (AvgIpc) is 3.31. The van der Waals surface area contributed by atoms with Gasteiger partial charge < -0.3 is 5.32 Å². The first kappa shape index (κ1) is 17.8. The summed E-state index contributed by atoms with van der Waals surface area (Å²) >= 11 is 0. The van der Waals surface area contributed by atoms with Gasteiger partial charge in [-0.1, -0.05) is 12.1 Å². The van der Waals surface area contributed by atoms with E-state index in [2.05, 4.69) is 34.3 Å². The summed E-state index contributed by atoms with van der Waals surface area (Å²) in [5, 5.41) is 11.5. The zero-order chi connectivity index (χ0) is 18.5. The van der Waals surface area contributed by atoms with Crippen molar-refractivity contribution in [3.8, 4) is 11.4 Å². The fraction of sp³-hybridized carbons (Fsp3) is 0.368. The van der Waals surface area contributed by atoms with Crippen molar-refractivity contribution < 1.29 is 4.79 Å². The lowest BCUT2D eigenvalue weighted by molar-refractivity contribution is 0.0937. The van der Waals surface area contributed by atoms with Crippen LogP contribution in [0.15, 0.2) is 49.1 Å². The maximum atomic E-state index is 12.6. The molecule has 2 aromatic heterocycles. The van der Waals surface area contributed by atoms with E-state index in [4.69, 9.17) is 0 Å². The highest BCUT2D eigenvalue weighted by Gasteiger charge is 2.14. The summed E-state index contributed by atoms with van der Waals surface area (Å²) in [6, 6.07) is 9.64. The second-order valence-corrected chi connectivity index (χ2v) is 6.64. The zero-order valence-electron chi connectivity index (χ0n) is 15.3. The molecule has 7 heteroatoms. The van der Waals surface area contributed by atoms with Gasteiger partial charge in [0.05, 0.1) is 0 Å². The van der Waals surface area contributed by atoms with Gasteiger partial charge in [-0.15, -0.1) is 0 Å². The summed E-state index contributed by atoms with van der Waals surface area (Å²) < 4.78 is 3.71. The Balaban J connectivity index is 1.67. The minimum absolute atomic E-state index is 0.0506. The Hall–Kier alpha value is -2.96. The summed E-state index contributed by atoms with van der Waals surface area (Å²) in [6.07, 6.45) is 6.03. The predicted octanol–water partition coefficient (Wildman–Crippen LogP) is 2.93. The number of nitrogens with zero attached hydrogens (tertiary/aromatic N) is 5.